The van der Waals surface area contributed by atoms with Crippen molar-refractivity contribution in [3.8, 4) is 0 Å². The van der Waals surface area contributed by atoms with E-state index < -0.39 is 0 Å². The predicted octanol–water partition coefficient (Wildman–Crippen LogP) is 0.509. The van der Waals surface area contributed by atoms with Crippen molar-refractivity contribution in [3.05, 3.63) is 58.3 Å². The fourth-order valence-electron chi connectivity index (χ4n) is 5.83. The molecule has 2 amide bonds. The third-order valence-electron chi connectivity index (χ3n) is 7.45. The van der Waals surface area contributed by atoms with Gasteiger partial charge >= 0.3 is 0 Å². The zero-order valence-corrected chi connectivity index (χ0v) is 18.4. The molecule has 8 nitrogen and oxygen atoms in total. The Bertz CT molecular complexity index is 1070. The maximum Gasteiger partial charge on any atom is 0.274 e. The molecule has 2 fully saturated rings. The van der Waals surface area contributed by atoms with Crippen molar-refractivity contribution in [2.24, 2.45) is 5.92 Å². The minimum Gasteiger partial charge on any atom is -0.342 e. The molecule has 3 aliphatic heterocycles. The van der Waals surface area contributed by atoms with Gasteiger partial charge in [0, 0.05) is 74.9 Å². The molecule has 2 saturated heterocycles. The van der Waals surface area contributed by atoms with Crippen LogP contribution in [0.4, 0.5) is 5.69 Å². The molecule has 0 spiro atoms. The first-order chi connectivity index (χ1) is 15.5. The van der Waals surface area contributed by atoms with Crippen LogP contribution in [0.2, 0.25) is 0 Å². The Labute approximate surface area is 187 Å². The van der Waals surface area contributed by atoms with Gasteiger partial charge in [0.05, 0.1) is 19.1 Å². The molecular formula is C24H30N5O3+. The van der Waals surface area contributed by atoms with Gasteiger partial charge in [0.25, 0.3) is 11.5 Å². The van der Waals surface area contributed by atoms with E-state index in [1.807, 2.05) is 15.5 Å². The molecule has 2 aromatic rings. The van der Waals surface area contributed by atoms with Crippen LogP contribution in [0, 0.1) is 5.92 Å². The van der Waals surface area contributed by atoms with E-state index in [9.17, 15) is 14.4 Å². The second-order valence-corrected chi connectivity index (χ2v) is 9.42. The summed E-state index contributed by atoms with van der Waals surface area (Å²) in [7, 11) is 0. The Hall–Kier alpha value is -3.00. The average Bonchev–Trinajstić information content (AvgIpc) is 2.81. The number of nitrogens with zero attached hydrogens (tertiary/aromatic N) is 3. The summed E-state index contributed by atoms with van der Waals surface area (Å²) in [5.41, 5.74) is 1.79. The lowest BCUT2D eigenvalue weighted by Gasteiger charge is -2.45. The molecule has 168 valence electrons. The standard InChI is InChI=1S/C24H29N5O3/c1-16(30)27-10-6-20(7-11-27)28-13-17-12-19(15-28)22-3-2-21(24(32)29(22)14-17)26-23(31)18-4-8-25-9-5-18/h2-5,8-9,17,19-20H,6-7,10-15H2,1H3,(H,26,31)/p+1/t17-,19+/m0/s1. The van der Waals surface area contributed by atoms with Crippen LogP contribution in [0.15, 0.2) is 41.5 Å². The summed E-state index contributed by atoms with van der Waals surface area (Å²) < 4.78 is 1.89. The zero-order chi connectivity index (χ0) is 22.2. The van der Waals surface area contributed by atoms with E-state index in [4.69, 9.17) is 0 Å². The molecule has 2 bridgehead atoms. The van der Waals surface area contributed by atoms with E-state index in [0.29, 0.717) is 35.7 Å². The Morgan fingerprint density at radius 1 is 1.09 bits per heavy atom. The molecule has 3 atom stereocenters. The van der Waals surface area contributed by atoms with E-state index in [-0.39, 0.29) is 17.4 Å². The minimum absolute atomic E-state index is 0.113. The first-order valence-corrected chi connectivity index (χ1v) is 11.5. The minimum atomic E-state index is -0.298. The third-order valence-corrected chi connectivity index (χ3v) is 7.45. The zero-order valence-electron chi connectivity index (χ0n) is 18.4. The predicted molar refractivity (Wildman–Crippen MR) is 120 cm³/mol. The van der Waals surface area contributed by atoms with Gasteiger partial charge in [0.15, 0.2) is 0 Å². The summed E-state index contributed by atoms with van der Waals surface area (Å²) in [5, 5.41) is 2.78. The fraction of sp³-hybridized carbons (Fsp3) is 0.500. The van der Waals surface area contributed by atoms with Crippen molar-refractivity contribution in [2.45, 2.75) is 44.7 Å². The number of nitrogens with one attached hydrogen (secondary N) is 2. The Balaban J connectivity index is 1.31. The molecule has 5 heterocycles. The fourth-order valence-corrected chi connectivity index (χ4v) is 5.83. The quantitative estimate of drug-likeness (QED) is 0.734. The number of likely N-dealkylation sites (tertiary alicyclic amines) is 2. The van der Waals surface area contributed by atoms with Gasteiger partial charge < -0.3 is 19.7 Å². The van der Waals surface area contributed by atoms with Gasteiger partial charge in [0.2, 0.25) is 5.91 Å². The van der Waals surface area contributed by atoms with Crippen LogP contribution >= 0.6 is 0 Å². The molecular weight excluding hydrogens is 406 g/mol. The number of fused-ring (bicyclic) bond motifs is 4. The summed E-state index contributed by atoms with van der Waals surface area (Å²) in [6.45, 7) is 6.18. The highest BCUT2D eigenvalue weighted by atomic mass is 16.2. The Kier molecular flexibility index (Phi) is 5.55. The molecule has 2 N–H and O–H groups in total. The lowest BCUT2D eigenvalue weighted by molar-refractivity contribution is -0.937. The van der Waals surface area contributed by atoms with Gasteiger partial charge in [-0.05, 0) is 30.7 Å². The molecule has 0 aromatic carbocycles. The van der Waals surface area contributed by atoms with Crippen LogP contribution in [-0.4, -0.2) is 58.5 Å². The van der Waals surface area contributed by atoms with Crippen molar-refractivity contribution in [3.63, 3.8) is 0 Å². The van der Waals surface area contributed by atoms with Crippen LogP contribution in [0.3, 0.4) is 0 Å². The molecule has 0 saturated carbocycles. The van der Waals surface area contributed by atoms with Gasteiger partial charge in [-0.2, -0.15) is 0 Å². The topological polar surface area (TPSA) is 88.7 Å². The SMILES string of the molecule is CC(=O)N1CCC([NH+]2C[C@@H]3C[C@H](C2)c2ccc(NC(=O)c4ccncc4)c(=O)n2C3)CC1. The largest absolute Gasteiger partial charge is 0.342 e. The molecule has 5 rings (SSSR count). The Morgan fingerprint density at radius 3 is 2.56 bits per heavy atom. The van der Waals surface area contributed by atoms with Crippen LogP contribution in [-0.2, 0) is 11.3 Å². The summed E-state index contributed by atoms with van der Waals surface area (Å²) >= 11 is 0. The monoisotopic (exact) mass is 436 g/mol. The number of quaternary nitrogens is 1. The molecule has 1 unspecified atom stereocenters. The molecule has 0 aliphatic carbocycles. The third kappa shape index (κ3) is 3.95. The Morgan fingerprint density at radius 2 is 1.84 bits per heavy atom. The van der Waals surface area contributed by atoms with Crippen molar-refractivity contribution in [1.82, 2.24) is 14.5 Å². The summed E-state index contributed by atoms with van der Waals surface area (Å²) in [6, 6.07) is 7.63. The highest BCUT2D eigenvalue weighted by molar-refractivity contribution is 6.04. The molecule has 3 aliphatic rings. The molecule has 2 aromatic heterocycles. The van der Waals surface area contributed by atoms with Crippen molar-refractivity contribution in [1.29, 1.82) is 0 Å². The molecule has 0 radical (unpaired) electrons. The van der Waals surface area contributed by atoms with Gasteiger partial charge in [-0.3, -0.25) is 19.4 Å². The van der Waals surface area contributed by atoms with Gasteiger partial charge in [-0.1, -0.05) is 0 Å². The summed E-state index contributed by atoms with van der Waals surface area (Å²) in [5.74, 6) is 0.703. The van der Waals surface area contributed by atoms with Gasteiger partial charge in [-0.15, -0.1) is 0 Å². The maximum atomic E-state index is 13.2. The number of aromatic nitrogens is 2. The highest BCUT2D eigenvalue weighted by Gasteiger charge is 2.41. The first kappa shape index (κ1) is 20.9. The van der Waals surface area contributed by atoms with Gasteiger partial charge in [-0.25, -0.2) is 0 Å². The maximum absolute atomic E-state index is 13.2. The number of rotatable bonds is 3. The number of hydrogen-bond acceptors (Lipinski definition) is 4. The number of pyridine rings is 2. The van der Waals surface area contributed by atoms with E-state index in [0.717, 1.165) is 51.1 Å². The average molecular weight is 437 g/mol. The number of carbonyl (C=O) groups excluding carboxylic acids is 2. The van der Waals surface area contributed by atoms with Crippen molar-refractivity contribution < 1.29 is 14.5 Å². The smallest absolute Gasteiger partial charge is 0.274 e. The van der Waals surface area contributed by atoms with E-state index in [1.54, 1.807) is 42.4 Å². The number of hydrogen-bond donors (Lipinski definition) is 2. The van der Waals surface area contributed by atoms with Crippen molar-refractivity contribution >= 4 is 17.5 Å². The van der Waals surface area contributed by atoms with Crippen LogP contribution in [0.5, 0.6) is 0 Å². The highest BCUT2D eigenvalue weighted by Crippen LogP contribution is 2.31. The summed E-state index contributed by atoms with van der Waals surface area (Å²) in [4.78, 5) is 44.8. The van der Waals surface area contributed by atoms with E-state index in [2.05, 4.69) is 10.3 Å². The number of piperidine rings is 2. The second-order valence-electron chi connectivity index (χ2n) is 9.42. The first-order valence-electron chi connectivity index (χ1n) is 11.5. The van der Waals surface area contributed by atoms with Crippen LogP contribution in [0.25, 0.3) is 0 Å². The lowest BCUT2D eigenvalue weighted by atomic mass is 9.82. The summed E-state index contributed by atoms with van der Waals surface area (Å²) in [6.07, 6.45) is 6.36. The van der Waals surface area contributed by atoms with Crippen LogP contribution < -0.4 is 15.8 Å². The van der Waals surface area contributed by atoms with Crippen LogP contribution in [0.1, 0.15) is 48.2 Å². The molecule has 32 heavy (non-hydrogen) atoms. The second kappa shape index (κ2) is 8.50. The number of carbonyl (C=O) groups is 2. The van der Waals surface area contributed by atoms with Gasteiger partial charge in [0.1, 0.15) is 5.69 Å². The number of anilines is 1. The van der Waals surface area contributed by atoms with Crippen molar-refractivity contribution in [2.75, 3.05) is 31.5 Å². The number of amides is 2. The normalized spacial score (nSPS) is 25.2. The lowest BCUT2D eigenvalue weighted by Crippen LogP contribution is -3.18. The van der Waals surface area contributed by atoms with E-state index in [1.165, 1.54) is 0 Å². The molecule has 8 heteroatoms. The van der Waals surface area contributed by atoms with E-state index >= 15 is 0 Å².